The van der Waals surface area contributed by atoms with Crippen LogP contribution in [0.2, 0.25) is 0 Å². The van der Waals surface area contributed by atoms with E-state index in [1.807, 2.05) is 25.5 Å². The Morgan fingerprint density at radius 1 is 1.17 bits per heavy atom. The third kappa shape index (κ3) is 5.74. The van der Waals surface area contributed by atoms with Crippen LogP contribution in [0.5, 0.6) is 5.75 Å². The standard InChI is InChI=1S/C24H33N5O5S/c1-5-19-21-22(27-29(19)9-8-28-10-12-33-13-11-28)24(30)26-23(25-21)18-14-17(35(4,31)32)6-7-20(18)34-15-16(2)3/h6-7,14,16H,5,8-13,15H2,1-4H3,(H,25,26,30). The van der Waals surface area contributed by atoms with Crippen LogP contribution in [0.1, 0.15) is 26.5 Å². The molecule has 3 heterocycles. The van der Waals surface area contributed by atoms with Crippen molar-refractivity contribution in [2.24, 2.45) is 5.92 Å². The first-order valence-electron chi connectivity index (χ1n) is 11.9. The first kappa shape index (κ1) is 25.3. The van der Waals surface area contributed by atoms with Gasteiger partial charge in [0.1, 0.15) is 17.1 Å². The van der Waals surface area contributed by atoms with Crippen LogP contribution in [0.3, 0.4) is 0 Å². The third-order valence-electron chi connectivity index (χ3n) is 5.97. The van der Waals surface area contributed by atoms with E-state index in [0.29, 0.717) is 36.4 Å². The highest BCUT2D eigenvalue weighted by Gasteiger charge is 2.21. The van der Waals surface area contributed by atoms with E-state index >= 15 is 0 Å². The molecule has 0 amide bonds. The summed E-state index contributed by atoms with van der Waals surface area (Å²) < 4.78 is 37.7. The number of hydrogen-bond donors (Lipinski definition) is 1. The van der Waals surface area contributed by atoms with E-state index in [9.17, 15) is 13.2 Å². The molecule has 1 N–H and O–H groups in total. The van der Waals surface area contributed by atoms with Gasteiger partial charge in [-0.25, -0.2) is 13.4 Å². The zero-order valence-corrected chi connectivity index (χ0v) is 21.5. The van der Waals surface area contributed by atoms with Gasteiger partial charge in [0.25, 0.3) is 5.56 Å². The predicted molar refractivity (Wildman–Crippen MR) is 134 cm³/mol. The Labute approximate surface area is 205 Å². The monoisotopic (exact) mass is 503 g/mol. The summed E-state index contributed by atoms with van der Waals surface area (Å²) in [6.07, 6.45) is 1.80. The molecule has 0 bridgehead atoms. The number of nitrogens with one attached hydrogen (secondary N) is 1. The number of morpholine rings is 1. The average Bonchev–Trinajstić information content (AvgIpc) is 3.19. The van der Waals surface area contributed by atoms with E-state index in [4.69, 9.17) is 14.5 Å². The van der Waals surface area contributed by atoms with Gasteiger partial charge in [-0.15, -0.1) is 0 Å². The molecule has 1 aromatic carbocycles. The zero-order chi connectivity index (χ0) is 25.2. The average molecular weight is 504 g/mol. The van der Waals surface area contributed by atoms with Crippen LogP contribution in [0, 0.1) is 5.92 Å². The second-order valence-corrected chi connectivity index (χ2v) is 11.2. The van der Waals surface area contributed by atoms with Gasteiger partial charge in [0, 0.05) is 25.9 Å². The van der Waals surface area contributed by atoms with Gasteiger partial charge in [0.2, 0.25) is 0 Å². The molecular weight excluding hydrogens is 470 g/mol. The third-order valence-corrected chi connectivity index (χ3v) is 7.08. The molecule has 1 fully saturated rings. The molecule has 1 aliphatic heterocycles. The Hall–Kier alpha value is -2.76. The number of rotatable bonds is 9. The van der Waals surface area contributed by atoms with Crippen LogP contribution in [-0.4, -0.2) is 78.8 Å². The number of aryl methyl sites for hydroxylation is 1. The molecular formula is C24H33N5O5S. The molecule has 0 spiro atoms. The number of sulfone groups is 1. The minimum absolute atomic E-state index is 0.129. The van der Waals surface area contributed by atoms with Crippen molar-refractivity contribution in [3.63, 3.8) is 0 Å². The van der Waals surface area contributed by atoms with E-state index in [-0.39, 0.29) is 27.7 Å². The van der Waals surface area contributed by atoms with E-state index in [0.717, 1.165) is 44.8 Å². The van der Waals surface area contributed by atoms with Gasteiger partial charge in [0.15, 0.2) is 15.4 Å². The maximum absolute atomic E-state index is 13.1. The van der Waals surface area contributed by atoms with Gasteiger partial charge in [0.05, 0.1) is 42.5 Å². The summed E-state index contributed by atoms with van der Waals surface area (Å²) in [6.45, 7) is 11.1. The highest BCUT2D eigenvalue weighted by molar-refractivity contribution is 7.90. The van der Waals surface area contributed by atoms with Gasteiger partial charge >= 0.3 is 0 Å². The Bertz CT molecular complexity index is 1360. The van der Waals surface area contributed by atoms with Gasteiger partial charge in [-0.3, -0.25) is 14.4 Å². The van der Waals surface area contributed by atoms with Gasteiger partial charge in [-0.1, -0.05) is 20.8 Å². The summed E-state index contributed by atoms with van der Waals surface area (Å²) in [5.74, 6) is 0.990. The van der Waals surface area contributed by atoms with E-state index < -0.39 is 9.84 Å². The number of benzene rings is 1. The molecule has 10 nitrogen and oxygen atoms in total. The lowest BCUT2D eigenvalue weighted by Crippen LogP contribution is -2.38. The van der Waals surface area contributed by atoms with E-state index in [1.165, 1.54) is 12.1 Å². The first-order chi connectivity index (χ1) is 16.7. The quantitative estimate of drug-likeness (QED) is 0.472. The van der Waals surface area contributed by atoms with Crippen molar-refractivity contribution >= 4 is 20.9 Å². The first-order valence-corrected chi connectivity index (χ1v) is 13.8. The summed E-state index contributed by atoms with van der Waals surface area (Å²) >= 11 is 0. The highest BCUT2D eigenvalue weighted by Crippen LogP contribution is 2.31. The number of fused-ring (bicyclic) bond motifs is 1. The molecule has 3 aromatic rings. The maximum atomic E-state index is 13.1. The van der Waals surface area contributed by atoms with Crippen molar-refractivity contribution in [2.45, 2.75) is 38.6 Å². The molecule has 0 radical (unpaired) electrons. The smallest absolute Gasteiger partial charge is 0.279 e. The molecule has 4 rings (SSSR count). The fourth-order valence-corrected chi connectivity index (χ4v) is 4.74. The molecule has 0 saturated carbocycles. The molecule has 190 valence electrons. The van der Waals surface area contributed by atoms with Crippen molar-refractivity contribution in [2.75, 3.05) is 45.7 Å². The predicted octanol–water partition coefficient (Wildman–Crippen LogP) is 2.12. The summed E-state index contributed by atoms with van der Waals surface area (Å²) in [5, 5.41) is 4.57. The Morgan fingerprint density at radius 3 is 2.57 bits per heavy atom. The Balaban J connectivity index is 1.77. The second-order valence-electron chi connectivity index (χ2n) is 9.22. The van der Waals surface area contributed by atoms with Gasteiger partial charge in [-0.05, 0) is 30.5 Å². The lowest BCUT2D eigenvalue weighted by Gasteiger charge is -2.26. The molecule has 0 atom stereocenters. The van der Waals surface area contributed by atoms with Crippen LogP contribution in [0.25, 0.3) is 22.4 Å². The molecule has 0 unspecified atom stereocenters. The van der Waals surface area contributed by atoms with Crippen molar-refractivity contribution < 1.29 is 17.9 Å². The van der Waals surface area contributed by atoms with Gasteiger partial charge < -0.3 is 14.5 Å². The molecule has 35 heavy (non-hydrogen) atoms. The molecule has 11 heteroatoms. The van der Waals surface area contributed by atoms with E-state index in [1.54, 1.807) is 6.07 Å². The molecule has 0 aliphatic carbocycles. The van der Waals surface area contributed by atoms with Crippen molar-refractivity contribution in [3.05, 3.63) is 34.2 Å². The largest absolute Gasteiger partial charge is 0.493 e. The SMILES string of the molecule is CCc1c2nc(-c3cc(S(C)(=O)=O)ccc3OCC(C)C)[nH]c(=O)c2nn1CCN1CCOCC1. The van der Waals surface area contributed by atoms with Crippen LogP contribution in [0.4, 0.5) is 0 Å². The molecule has 1 aliphatic rings. The number of H-pyrrole nitrogens is 1. The lowest BCUT2D eigenvalue weighted by molar-refractivity contribution is 0.0359. The van der Waals surface area contributed by atoms with Crippen molar-refractivity contribution in [1.29, 1.82) is 0 Å². The number of hydrogen-bond acceptors (Lipinski definition) is 8. The van der Waals surface area contributed by atoms with E-state index in [2.05, 4.69) is 15.0 Å². The van der Waals surface area contributed by atoms with Crippen LogP contribution in [0.15, 0.2) is 27.9 Å². The minimum atomic E-state index is -3.47. The van der Waals surface area contributed by atoms with Crippen LogP contribution >= 0.6 is 0 Å². The zero-order valence-electron chi connectivity index (χ0n) is 20.7. The lowest BCUT2D eigenvalue weighted by atomic mass is 10.1. The van der Waals surface area contributed by atoms with Crippen LogP contribution < -0.4 is 10.3 Å². The fraction of sp³-hybridized carbons (Fsp3) is 0.542. The Kier molecular flexibility index (Phi) is 7.58. The topological polar surface area (TPSA) is 119 Å². The Morgan fingerprint density at radius 2 is 1.91 bits per heavy atom. The van der Waals surface area contributed by atoms with Crippen molar-refractivity contribution in [1.82, 2.24) is 24.6 Å². The number of aromatic nitrogens is 4. The fourth-order valence-electron chi connectivity index (χ4n) is 4.09. The van der Waals surface area contributed by atoms with Crippen molar-refractivity contribution in [3.8, 4) is 17.1 Å². The summed E-state index contributed by atoms with van der Waals surface area (Å²) in [6, 6.07) is 4.63. The summed E-state index contributed by atoms with van der Waals surface area (Å²) in [7, 11) is -3.47. The minimum Gasteiger partial charge on any atom is -0.493 e. The molecule has 1 saturated heterocycles. The summed E-state index contributed by atoms with van der Waals surface area (Å²) in [5.41, 5.74) is 1.72. The second kappa shape index (κ2) is 10.5. The normalized spacial score (nSPS) is 15.2. The summed E-state index contributed by atoms with van der Waals surface area (Å²) in [4.78, 5) is 23.1. The maximum Gasteiger partial charge on any atom is 0.279 e. The number of nitrogens with zero attached hydrogens (tertiary/aromatic N) is 4. The molecule has 2 aromatic heterocycles. The number of aromatic amines is 1. The van der Waals surface area contributed by atoms with Gasteiger partial charge in [-0.2, -0.15) is 5.10 Å². The highest BCUT2D eigenvalue weighted by atomic mass is 32.2. The van der Waals surface area contributed by atoms with Crippen LogP contribution in [-0.2, 0) is 27.5 Å². The number of ether oxygens (including phenoxy) is 2.